The minimum atomic E-state index is 0.302. The van der Waals surface area contributed by atoms with E-state index in [0.29, 0.717) is 30.8 Å². The average Bonchev–Trinajstić information content (AvgIpc) is 3.17. The molecular weight excluding hydrogens is 372 g/mol. The summed E-state index contributed by atoms with van der Waals surface area (Å²) in [7, 11) is 0. The smallest absolute Gasteiger partial charge is 0.224 e. The molecule has 2 aromatic heterocycles. The normalized spacial score (nSPS) is 23.0. The largest absolute Gasteiger partial charge is 0.340 e. The van der Waals surface area contributed by atoms with E-state index in [2.05, 4.69) is 28.3 Å². The quantitative estimate of drug-likeness (QED) is 0.589. The number of hydrogen-bond donors (Lipinski definition) is 0. The molecule has 2 aliphatic rings. The van der Waals surface area contributed by atoms with Crippen LogP contribution in [-0.4, -0.2) is 37.9 Å². The van der Waals surface area contributed by atoms with Gasteiger partial charge in [-0.1, -0.05) is 32.6 Å². The number of pyridine rings is 1. The van der Waals surface area contributed by atoms with E-state index in [4.69, 9.17) is 4.98 Å². The van der Waals surface area contributed by atoms with Gasteiger partial charge < -0.3 is 9.47 Å². The Morgan fingerprint density at radius 3 is 2.57 bits per heavy atom. The number of nitrogens with zero attached hydrogens (tertiary/aromatic N) is 4. The van der Waals surface area contributed by atoms with E-state index < -0.39 is 0 Å². The molecule has 0 aromatic carbocycles. The summed E-state index contributed by atoms with van der Waals surface area (Å²) in [6, 6.07) is 2.45. The Balaban J connectivity index is 1.50. The Hall–Kier alpha value is -1.91. The molecule has 0 saturated heterocycles. The van der Waals surface area contributed by atoms with Gasteiger partial charge in [-0.2, -0.15) is 0 Å². The summed E-state index contributed by atoms with van der Waals surface area (Å²) in [6.07, 6.45) is 16.8. The molecule has 0 atom stereocenters. The van der Waals surface area contributed by atoms with Crippen LogP contribution in [0.15, 0.2) is 18.5 Å². The van der Waals surface area contributed by atoms with Crippen LogP contribution in [0.25, 0.3) is 11.0 Å². The molecule has 0 N–H and O–H groups in total. The lowest BCUT2D eigenvalue weighted by atomic mass is 9.80. The molecule has 2 aromatic rings. The summed E-state index contributed by atoms with van der Waals surface area (Å²) < 4.78 is 2.31. The number of amides is 1. The first-order chi connectivity index (χ1) is 14.7. The predicted molar refractivity (Wildman–Crippen MR) is 121 cm³/mol. The van der Waals surface area contributed by atoms with Gasteiger partial charge in [-0.3, -0.25) is 9.78 Å². The van der Waals surface area contributed by atoms with E-state index in [1.165, 1.54) is 70.0 Å². The van der Waals surface area contributed by atoms with Crippen LogP contribution < -0.4 is 0 Å². The van der Waals surface area contributed by atoms with Crippen LogP contribution >= 0.6 is 0 Å². The Labute approximate surface area is 181 Å². The molecule has 0 bridgehead atoms. The summed E-state index contributed by atoms with van der Waals surface area (Å²) in [6.45, 7) is 5.97. The second-order valence-electron chi connectivity index (χ2n) is 9.33. The number of hydrogen-bond acceptors (Lipinski definition) is 3. The van der Waals surface area contributed by atoms with Crippen molar-refractivity contribution >= 4 is 16.9 Å². The Bertz CT molecular complexity index is 831. The fraction of sp³-hybridized carbons (Fsp3) is 0.720. The summed E-state index contributed by atoms with van der Waals surface area (Å²) >= 11 is 0. The van der Waals surface area contributed by atoms with Gasteiger partial charge >= 0.3 is 0 Å². The Kier molecular flexibility index (Phi) is 7.06. The van der Waals surface area contributed by atoms with Crippen molar-refractivity contribution in [3.63, 3.8) is 0 Å². The molecule has 5 nitrogen and oxygen atoms in total. The molecule has 2 saturated carbocycles. The molecule has 0 unspecified atom stereocenters. The third-order valence-corrected chi connectivity index (χ3v) is 7.60. The zero-order chi connectivity index (χ0) is 20.9. The van der Waals surface area contributed by atoms with E-state index in [1.807, 2.05) is 18.5 Å². The van der Waals surface area contributed by atoms with Crippen molar-refractivity contribution in [2.75, 3.05) is 6.54 Å². The first-order valence-electron chi connectivity index (χ1n) is 12.3. The van der Waals surface area contributed by atoms with Crippen molar-refractivity contribution < 1.29 is 4.79 Å². The summed E-state index contributed by atoms with van der Waals surface area (Å²) in [5.74, 6) is 2.86. The first-order valence-corrected chi connectivity index (χ1v) is 12.3. The Morgan fingerprint density at radius 1 is 1.10 bits per heavy atom. The summed E-state index contributed by atoms with van der Waals surface area (Å²) in [4.78, 5) is 24.7. The van der Waals surface area contributed by atoms with Crippen molar-refractivity contribution in [3.8, 4) is 0 Å². The van der Waals surface area contributed by atoms with Crippen molar-refractivity contribution in [1.82, 2.24) is 19.4 Å². The number of rotatable bonds is 7. The van der Waals surface area contributed by atoms with Gasteiger partial charge in [0.05, 0.1) is 17.2 Å². The lowest BCUT2D eigenvalue weighted by Gasteiger charge is -2.34. The number of aryl methyl sites for hydroxylation is 1. The lowest BCUT2D eigenvalue weighted by Crippen LogP contribution is -2.41. The second-order valence-corrected chi connectivity index (χ2v) is 9.33. The van der Waals surface area contributed by atoms with Gasteiger partial charge in [0.25, 0.3) is 0 Å². The molecular formula is C25H38N4O. The maximum atomic E-state index is 13.2. The first kappa shape index (κ1) is 21.3. The molecule has 4 rings (SSSR count). The monoisotopic (exact) mass is 410 g/mol. The topological polar surface area (TPSA) is 51.0 Å². The molecule has 164 valence electrons. The number of carbonyl (C=O) groups is 1. The molecule has 2 heterocycles. The summed E-state index contributed by atoms with van der Waals surface area (Å²) in [5, 5.41) is 0. The number of carbonyl (C=O) groups excluding carboxylic acids is 1. The zero-order valence-electron chi connectivity index (χ0n) is 18.9. The van der Waals surface area contributed by atoms with E-state index >= 15 is 0 Å². The zero-order valence-corrected chi connectivity index (χ0v) is 18.9. The third kappa shape index (κ3) is 4.55. The van der Waals surface area contributed by atoms with Crippen molar-refractivity contribution in [2.24, 2.45) is 5.92 Å². The maximum absolute atomic E-state index is 13.2. The van der Waals surface area contributed by atoms with E-state index in [0.717, 1.165) is 23.5 Å². The molecule has 1 amide bonds. The molecule has 0 aliphatic heterocycles. The van der Waals surface area contributed by atoms with Gasteiger partial charge in [-0.15, -0.1) is 0 Å². The molecule has 0 spiro atoms. The average molecular weight is 411 g/mol. The second kappa shape index (κ2) is 9.93. The van der Waals surface area contributed by atoms with Crippen LogP contribution in [0, 0.1) is 5.92 Å². The number of imidazole rings is 1. The standard InChI is InChI=1S/C25H38N4O/c1-3-19-10-12-20(13-11-19)25-27-22-14-16-26-18-23(22)29(25)17-15-24(30)28(4-2)21-8-6-5-7-9-21/h14,16,18-21H,3-13,15,17H2,1-2H3. The van der Waals surface area contributed by atoms with E-state index in [1.54, 1.807) is 0 Å². The van der Waals surface area contributed by atoms with Crippen molar-refractivity contribution in [1.29, 1.82) is 0 Å². The minimum absolute atomic E-state index is 0.302. The molecule has 2 fully saturated rings. The summed E-state index contributed by atoms with van der Waals surface area (Å²) in [5.41, 5.74) is 2.10. The lowest BCUT2D eigenvalue weighted by molar-refractivity contribution is -0.134. The van der Waals surface area contributed by atoms with Gasteiger partial charge in [0.15, 0.2) is 0 Å². The maximum Gasteiger partial charge on any atom is 0.224 e. The highest BCUT2D eigenvalue weighted by Crippen LogP contribution is 2.37. The van der Waals surface area contributed by atoms with Gasteiger partial charge in [0.1, 0.15) is 5.82 Å². The molecule has 2 aliphatic carbocycles. The van der Waals surface area contributed by atoms with Gasteiger partial charge in [0.2, 0.25) is 5.91 Å². The van der Waals surface area contributed by atoms with Crippen molar-refractivity contribution in [3.05, 3.63) is 24.3 Å². The molecule has 5 heteroatoms. The fourth-order valence-electron chi connectivity index (χ4n) is 5.75. The highest BCUT2D eigenvalue weighted by molar-refractivity contribution is 5.78. The van der Waals surface area contributed by atoms with Crippen molar-refractivity contribution in [2.45, 2.75) is 103 Å². The van der Waals surface area contributed by atoms with Gasteiger partial charge in [-0.25, -0.2) is 4.98 Å². The fourth-order valence-corrected chi connectivity index (χ4v) is 5.75. The van der Waals surface area contributed by atoms with E-state index in [9.17, 15) is 4.79 Å². The van der Waals surface area contributed by atoms with Crippen LogP contribution in [0.1, 0.15) is 96.2 Å². The van der Waals surface area contributed by atoms with E-state index in [-0.39, 0.29) is 0 Å². The highest BCUT2D eigenvalue weighted by Gasteiger charge is 2.27. The predicted octanol–water partition coefficient (Wildman–Crippen LogP) is 5.69. The van der Waals surface area contributed by atoms with Crippen LogP contribution in [0.3, 0.4) is 0 Å². The highest BCUT2D eigenvalue weighted by atomic mass is 16.2. The molecule has 0 radical (unpaired) electrons. The van der Waals surface area contributed by atoms with Gasteiger partial charge in [0, 0.05) is 37.7 Å². The third-order valence-electron chi connectivity index (χ3n) is 7.60. The number of aromatic nitrogens is 3. The van der Waals surface area contributed by atoms with Gasteiger partial charge in [-0.05, 0) is 57.4 Å². The Morgan fingerprint density at radius 2 is 1.87 bits per heavy atom. The SMILES string of the molecule is CCC1CCC(c2nc3ccncc3n2CCC(=O)N(CC)C2CCCCC2)CC1. The van der Waals surface area contributed by atoms with Crippen LogP contribution in [0.2, 0.25) is 0 Å². The van der Waals surface area contributed by atoms with Crippen LogP contribution in [0.5, 0.6) is 0 Å². The van der Waals surface area contributed by atoms with Crippen LogP contribution in [0.4, 0.5) is 0 Å². The molecule has 30 heavy (non-hydrogen) atoms. The minimum Gasteiger partial charge on any atom is -0.340 e. The number of fused-ring (bicyclic) bond motifs is 1. The van der Waals surface area contributed by atoms with Crippen LogP contribution in [-0.2, 0) is 11.3 Å².